The van der Waals surface area contributed by atoms with Gasteiger partial charge in [0.25, 0.3) is 0 Å². The van der Waals surface area contributed by atoms with Crippen molar-refractivity contribution in [1.29, 1.82) is 0 Å². The Bertz CT molecular complexity index is 616. The molecule has 1 aromatic rings. The van der Waals surface area contributed by atoms with Gasteiger partial charge in [0.2, 0.25) is 11.8 Å². The van der Waals surface area contributed by atoms with Crippen molar-refractivity contribution in [2.24, 2.45) is 0 Å². The molecule has 1 N–H and O–H groups in total. The van der Waals surface area contributed by atoms with Gasteiger partial charge in [0.1, 0.15) is 0 Å². The third-order valence-corrected chi connectivity index (χ3v) is 4.75. The molecule has 2 saturated heterocycles. The fraction of sp³-hybridized carbons (Fsp3) is 0.611. The van der Waals surface area contributed by atoms with E-state index < -0.39 is 0 Å². The molecule has 0 bridgehead atoms. The third-order valence-electron chi connectivity index (χ3n) is 4.75. The molecule has 2 amide bonds. The van der Waals surface area contributed by atoms with Crippen molar-refractivity contribution in [3.05, 3.63) is 29.6 Å². The number of pyridine rings is 1. The zero-order chi connectivity index (χ0) is 17.6. The summed E-state index contributed by atoms with van der Waals surface area (Å²) in [6.45, 7) is 5.90. The first-order chi connectivity index (χ1) is 12.1. The maximum Gasteiger partial charge on any atom is 0.236 e. The molecule has 3 rings (SSSR count). The number of hydrogen-bond acceptors (Lipinski definition) is 5. The van der Waals surface area contributed by atoms with E-state index >= 15 is 0 Å². The summed E-state index contributed by atoms with van der Waals surface area (Å²) in [5.74, 6) is 0.107. The van der Waals surface area contributed by atoms with Gasteiger partial charge < -0.3 is 15.0 Å². The van der Waals surface area contributed by atoms with Crippen LogP contribution in [0, 0.1) is 0 Å². The molecular weight excluding hydrogens is 320 g/mol. The maximum atomic E-state index is 12.5. The number of nitrogens with one attached hydrogen (secondary N) is 1. The lowest BCUT2D eigenvalue weighted by atomic mass is 10.1. The topological polar surface area (TPSA) is 74.8 Å². The van der Waals surface area contributed by atoms with Crippen LogP contribution in [0.15, 0.2) is 18.2 Å². The van der Waals surface area contributed by atoms with E-state index in [9.17, 15) is 9.59 Å². The van der Waals surface area contributed by atoms with Gasteiger partial charge in [0.15, 0.2) is 0 Å². The largest absolute Gasteiger partial charge is 0.378 e. The minimum atomic E-state index is -0.0641. The number of carbonyl (C=O) groups is 2. The molecule has 2 aliphatic heterocycles. The number of hydrogen-bond donors (Lipinski definition) is 1. The Morgan fingerprint density at radius 3 is 2.84 bits per heavy atom. The average molecular weight is 346 g/mol. The molecule has 25 heavy (non-hydrogen) atoms. The molecule has 1 aromatic heterocycles. The normalized spacial score (nSPS) is 21.3. The van der Waals surface area contributed by atoms with Crippen LogP contribution in [0.4, 0.5) is 0 Å². The summed E-state index contributed by atoms with van der Waals surface area (Å²) in [6, 6.07) is 6.07. The van der Waals surface area contributed by atoms with E-state index in [1.165, 1.54) is 6.92 Å². The smallest absolute Gasteiger partial charge is 0.236 e. The van der Waals surface area contributed by atoms with Gasteiger partial charge in [-0.2, -0.15) is 0 Å². The summed E-state index contributed by atoms with van der Waals surface area (Å²) in [5, 5.41) is 2.78. The quantitative estimate of drug-likeness (QED) is 0.850. The van der Waals surface area contributed by atoms with Crippen molar-refractivity contribution in [3.63, 3.8) is 0 Å². The number of ether oxygens (including phenoxy) is 1. The Morgan fingerprint density at radius 1 is 1.28 bits per heavy atom. The minimum absolute atomic E-state index is 0.0641. The molecule has 0 aromatic carbocycles. The monoisotopic (exact) mass is 346 g/mol. The summed E-state index contributed by atoms with van der Waals surface area (Å²) in [7, 11) is 0. The second-order valence-electron chi connectivity index (χ2n) is 6.59. The van der Waals surface area contributed by atoms with Crippen LogP contribution in [0.5, 0.6) is 0 Å². The highest BCUT2D eigenvalue weighted by atomic mass is 16.5. The van der Waals surface area contributed by atoms with E-state index in [1.54, 1.807) is 0 Å². The summed E-state index contributed by atoms with van der Waals surface area (Å²) in [6.07, 6.45) is 2.08. The van der Waals surface area contributed by atoms with Gasteiger partial charge in [-0.05, 0) is 31.5 Å². The lowest BCUT2D eigenvalue weighted by molar-refractivity contribution is -0.136. The van der Waals surface area contributed by atoms with Crippen molar-refractivity contribution >= 4 is 11.8 Å². The highest BCUT2D eigenvalue weighted by Gasteiger charge is 2.30. The fourth-order valence-electron chi connectivity index (χ4n) is 3.43. The number of morpholine rings is 1. The molecule has 0 aliphatic carbocycles. The number of rotatable bonds is 5. The van der Waals surface area contributed by atoms with E-state index in [0.717, 1.165) is 30.8 Å². The number of carbonyl (C=O) groups excluding carboxylic acids is 2. The zero-order valence-corrected chi connectivity index (χ0v) is 14.7. The lowest BCUT2D eigenvalue weighted by Gasteiger charge is -2.30. The van der Waals surface area contributed by atoms with E-state index in [0.29, 0.717) is 39.4 Å². The summed E-state index contributed by atoms with van der Waals surface area (Å²) in [5.41, 5.74) is 1.83. The predicted molar refractivity (Wildman–Crippen MR) is 92.7 cm³/mol. The number of nitrogens with zero attached hydrogens (tertiary/aromatic N) is 3. The third kappa shape index (κ3) is 4.76. The summed E-state index contributed by atoms with van der Waals surface area (Å²) in [4.78, 5) is 32.4. The van der Waals surface area contributed by atoms with E-state index in [1.807, 2.05) is 23.1 Å². The summed E-state index contributed by atoms with van der Waals surface area (Å²) < 4.78 is 5.32. The molecule has 0 saturated carbocycles. The van der Waals surface area contributed by atoms with Crippen molar-refractivity contribution in [2.45, 2.75) is 32.4 Å². The van der Waals surface area contributed by atoms with Crippen molar-refractivity contribution < 1.29 is 14.3 Å². The second-order valence-corrected chi connectivity index (χ2v) is 6.59. The molecule has 0 radical (unpaired) electrons. The number of aromatic nitrogens is 1. The van der Waals surface area contributed by atoms with Crippen molar-refractivity contribution in [2.75, 3.05) is 39.4 Å². The fourth-order valence-corrected chi connectivity index (χ4v) is 3.43. The summed E-state index contributed by atoms with van der Waals surface area (Å²) >= 11 is 0. The number of amides is 2. The van der Waals surface area contributed by atoms with Crippen LogP contribution in [0.25, 0.3) is 0 Å². The van der Waals surface area contributed by atoms with Crippen LogP contribution in [0.2, 0.25) is 0 Å². The van der Waals surface area contributed by atoms with Gasteiger partial charge in [-0.25, -0.2) is 0 Å². The van der Waals surface area contributed by atoms with Gasteiger partial charge >= 0.3 is 0 Å². The Hall–Kier alpha value is -1.99. The highest BCUT2D eigenvalue weighted by Crippen LogP contribution is 2.30. The molecule has 7 heteroatoms. The minimum Gasteiger partial charge on any atom is -0.378 e. The van der Waals surface area contributed by atoms with Crippen LogP contribution in [0.3, 0.4) is 0 Å². The van der Waals surface area contributed by atoms with Gasteiger partial charge in [0, 0.05) is 20.0 Å². The van der Waals surface area contributed by atoms with Gasteiger partial charge in [0.05, 0.1) is 43.7 Å². The maximum absolute atomic E-state index is 12.5. The molecule has 136 valence electrons. The van der Waals surface area contributed by atoms with Crippen LogP contribution in [-0.4, -0.2) is 66.0 Å². The van der Waals surface area contributed by atoms with Gasteiger partial charge in [-0.15, -0.1) is 0 Å². The number of likely N-dealkylation sites (tertiary alicyclic amines) is 1. The Kier molecular flexibility index (Phi) is 5.99. The van der Waals surface area contributed by atoms with Gasteiger partial charge in [-0.3, -0.25) is 19.5 Å². The predicted octanol–water partition coefficient (Wildman–Crippen LogP) is 0.713. The lowest BCUT2D eigenvalue weighted by Crippen LogP contribution is -2.45. The first-order valence-corrected chi connectivity index (χ1v) is 8.93. The standard InChI is InChI=1S/C18H26N4O3/c1-14(23)19-12-15-4-2-5-16(20-15)17-6-3-7-22(17)13-18(24)21-8-10-25-11-9-21/h2,4-5,17H,3,6-13H2,1H3,(H,19,23)/t17-/m1/s1. The van der Waals surface area contributed by atoms with Crippen molar-refractivity contribution in [3.8, 4) is 0 Å². The first-order valence-electron chi connectivity index (χ1n) is 8.93. The van der Waals surface area contributed by atoms with E-state index in [2.05, 4.69) is 10.2 Å². The highest BCUT2D eigenvalue weighted by molar-refractivity contribution is 5.78. The second kappa shape index (κ2) is 8.40. The van der Waals surface area contributed by atoms with Crippen LogP contribution in [0.1, 0.15) is 37.2 Å². The van der Waals surface area contributed by atoms with E-state index in [4.69, 9.17) is 9.72 Å². The first kappa shape index (κ1) is 17.8. The molecule has 0 unspecified atom stereocenters. The van der Waals surface area contributed by atoms with Gasteiger partial charge in [-0.1, -0.05) is 6.07 Å². The molecule has 0 spiro atoms. The SMILES string of the molecule is CC(=O)NCc1cccc([C@H]2CCCN2CC(=O)N2CCOCC2)n1. The Balaban J connectivity index is 1.63. The Morgan fingerprint density at radius 2 is 2.08 bits per heavy atom. The molecular formula is C18H26N4O3. The van der Waals surface area contributed by atoms with E-state index in [-0.39, 0.29) is 17.9 Å². The molecule has 3 heterocycles. The molecule has 7 nitrogen and oxygen atoms in total. The van der Waals surface area contributed by atoms with Crippen LogP contribution in [-0.2, 0) is 20.9 Å². The van der Waals surface area contributed by atoms with Crippen LogP contribution < -0.4 is 5.32 Å². The zero-order valence-electron chi connectivity index (χ0n) is 14.7. The van der Waals surface area contributed by atoms with Crippen molar-refractivity contribution in [1.82, 2.24) is 20.1 Å². The average Bonchev–Trinajstić information content (AvgIpc) is 3.09. The molecule has 1 atom stereocenters. The molecule has 2 aliphatic rings. The van der Waals surface area contributed by atoms with Crippen LogP contribution >= 0.6 is 0 Å². The Labute approximate surface area is 148 Å². The molecule has 2 fully saturated rings.